The van der Waals surface area contributed by atoms with E-state index in [9.17, 15) is 20.0 Å². The number of benzene rings is 2. The lowest BCUT2D eigenvalue weighted by Gasteiger charge is -1.99. The third-order valence-corrected chi connectivity index (χ3v) is 6.13. The van der Waals surface area contributed by atoms with E-state index in [0.29, 0.717) is 20.7 Å². The lowest BCUT2D eigenvalue weighted by Crippen LogP contribution is -2.16. The van der Waals surface area contributed by atoms with Gasteiger partial charge in [0.1, 0.15) is 16.9 Å². The fourth-order valence-corrected chi connectivity index (χ4v) is 4.70. The van der Waals surface area contributed by atoms with Gasteiger partial charge in [0.15, 0.2) is 0 Å². The minimum absolute atomic E-state index is 0.0128. The molecule has 0 saturated heterocycles. The largest absolute Gasteiger partial charge is 0.508 e. The molecule has 0 spiro atoms. The number of fused-ring (bicyclic) bond motifs is 1. The second-order valence-corrected chi connectivity index (χ2v) is 8.21. The van der Waals surface area contributed by atoms with E-state index in [4.69, 9.17) is 0 Å². The number of aromatic nitrogens is 2. The van der Waals surface area contributed by atoms with Gasteiger partial charge in [0.2, 0.25) is 0 Å². The Morgan fingerprint density at radius 3 is 2.72 bits per heavy atom. The number of rotatable bonds is 5. The van der Waals surface area contributed by atoms with Crippen LogP contribution >= 0.6 is 23.1 Å². The highest BCUT2D eigenvalue weighted by Gasteiger charge is 2.16. The van der Waals surface area contributed by atoms with Crippen LogP contribution in [0.2, 0.25) is 0 Å². The predicted octanol–water partition coefficient (Wildman–Crippen LogP) is 4.11. The Kier molecular flexibility index (Phi) is 5.10. The number of nitro benzene ring substituents is 1. The van der Waals surface area contributed by atoms with Gasteiger partial charge < -0.3 is 5.11 Å². The van der Waals surface area contributed by atoms with Crippen molar-refractivity contribution in [1.29, 1.82) is 0 Å². The van der Waals surface area contributed by atoms with Crippen LogP contribution in [0.3, 0.4) is 0 Å². The molecule has 2 heterocycles. The molecule has 0 fully saturated rings. The molecule has 29 heavy (non-hydrogen) atoms. The van der Waals surface area contributed by atoms with Crippen molar-refractivity contribution in [3.63, 3.8) is 0 Å². The second kappa shape index (κ2) is 7.86. The van der Waals surface area contributed by atoms with Crippen molar-refractivity contribution in [2.45, 2.75) is 9.10 Å². The van der Waals surface area contributed by atoms with Gasteiger partial charge >= 0.3 is 0 Å². The summed E-state index contributed by atoms with van der Waals surface area (Å²) in [7, 11) is 0. The highest BCUT2D eigenvalue weighted by molar-refractivity contribution is 8.01. The van der Waals surface area contributed by atoms with Gasteiger partial charge in [-0.15, -0.1) is 11.3 Å². The number of nitro groups is 1. The van der Waals surface area contributed by atoms with Crippen molar-refractivity contribution in [1.82, 2.24) is 9.66 Å². The molecule has 0 atom stereocenters. The first kappa shape index (κ1) is 18.8. The smallest absolute Gasteiger partial charge is 0.283 e. The summed E-state index contributed by atoms with van der Waals surface area (Å²) in [6.45, 7) is 0. The van der Waals surface area contributed by atoms with Crippen LogP contribution in [0, 0.1) is 10.1 Å². The number of hydrogen-bond donors (Lipinski definition) is 1. The van der Waals surface area contributed by atoms with Crippen molar-refractivity contribution in [2.24, 2.45) is 5.10 Å². The van der Waals surface area contributed by atoms with Gasteiger partial charge in [0.05, 0.1) is 25.6 Å². The van der Waals surface area contributed by atoms with E-state index in [1.54, 1.807) is 36.4 Å². The molecule has 0 saturated carbocycles. The summed E-state index contributed by atoms with van der Waals surface area (Å²) in [5.41, 5.74) is 0.391. The third kappa shape index (κ3) is 4.03. The van der Waals surface area contributed by atoms with E-state index in [2.05, 4.69) is 10.1 Å². The molecule has 4 rings (SSSR count). The molecule has 0 radical (unpaired) electrons. The Morgan fingerprint density at radius 2 is 1.97 bits per heavy atom. The molecule has 0 aliphatic carbocycles. The Balaban J connectivity index is 1.65. The second-order valence-electron chi connectivity index (χ2n) is 5.84. The van der Waals surface area contributed by atoms with Gasteiger partial charge in [-0.3, -0.25) is 14.9 Å². The van der Waals surface area contributed by atoms with E-state index in [1.165, 1.54) is 53.8 Å². The lowest BCUT2D eigenvalue weighted by atomic mass is 10.2. The number of nitrogens with zero attached hydrogens (tertiary/aromatic N) is 4. The van der Waals surface area contributed by atoms with Crippen LogP contribution in [0.1, 0.15) is 5.56 Å². The molecular formula is C19H12N4O4S2. The molecule has 4 aromatic rings. The maximum Gasteiger partial charge on any atom is 0.283 e. The van der Waals surface area contributed by atoms with Gasteiger partial charge in [-0.1, -0.05) is 23.9 Å². The average molecular weight is 424 g/mol. The zero-order valence-electron chi connectivity index (χ0n) is 14.6. The summed E-state index contributed by atoms with van der Waals surface area (Å²) in [6.07, 6.45) is 2.82. The number of phenols is 1. The van der Waals surface area contributed by atoms with Crippen LogP contribution in [0.25, 0.3) is 10.2 Å². The van der Waals surface area contributed by atoms with Crippen molar-refractivity contribution >= 4 is 45.2 Å². The van der Waals surface area contributed by atoms with Crippen LogP contribution < -0.4 is 5.56 Å². The maximum absolute atomic E-state index is 12.7. The van der Waals surface area contributed by atoms with Crippen LogP contribution in [0.4, 0.5) is 5.69 Å². The molecule has 0 bridgehead atoms. The molecule has 0 unspecified atom stereocenters. The standard InChI is InChI=1S/C19H12N4O4S2/c24-13-7-5-12(6-8-13)10-21-22-11-20-18-14(19(22)25)9-17(29-18)28-16-4-2-1-3-15(16)23(26)27/h1-11,24H/b21-10-. The summed E-state index contributed by atoms with van der Waals surface area (Å²) in [5, 5.41) is 25.0. The molecule has 1 N–H and O–H groups in total. The van der Waals surface area contributed by atoms with Crippen LogP contribution in [0.5, 0.6) is 5.75 Å². The predicted molar refractivity (Wildman–Crippen MR) is 112 cm³/mol. The van der Waals surface area contributed by atoms with Crippen molar-refractivity contribution in [3.05, 3.63) is 87.0 Å². The fraction of sp³-hybridized carbons (Fsp3) is 0. The summed E-state index contributed by atoms with van der Waals surface area (Å²) < 4.78 is 1.85. The highest BCUT2D eigenvalue weighted by atomic mass is 32.2. The Bertz CT molecular complexity index is 1300. The number of aromatic hydroxyl groups is 1. The quantitative estimate of drug-likeness (QED) is 0.293. The number of hydrogen-bond acceptors (Lipinski definition) is 8. The molecule has 10 heteroatoms. The zero-order chi connectivity index (χ0) is 20.4. The minimum Gasteiger partial charge on any atom is -0.508 e. The monoisotopic (exact) mass is 424 g/mol. The first-order valence-corrected chi connectivity index (χ1v) is 9.90. The normalized spacial score (nSPS) is 11.3. The van der Waals surface area contributed by atoms with E-state index in [1.807, 2.05) is 0 Å². The molecule has 0 amide bonds. The van der Waals surface area contributed by atoms with E-state index in [0.717, 1.165) is 8.89 Å². The molecule has 2 aromatic carbocycles. The summed E-state index contributed by atoms with van der Waals surface area (Å²) in [4.78, 5) is 28.8. The van der Waals surface area contributed by atoms with E-state index >= 15 is 0 Å². The molecular weight excluding hydrogens is 412 g/mol. The molecule has 144 valence electrons. The van der Waals surface area contributed by atoms with Gasteiger partial charge in [-0.25, -0.2) is 4.98 Å². The summed E-state index contributed by atoms with van der Waals surface area (Å²) >= 11 is 2.51. The van der Waals surface area contributed by atoms with E-state index < -0.39 is 4.92 Å². The van der Waals surface area contributed by atoms with Crippen molar-refractivity contribution in [2.75, 3.05) is 0 Å². The van der Waals surface area contributed by atoms with Crippen molar-refractivity contribution < 1.29 is 10.0 Å². The zero-order valence-corrected chi connectivity index (χ0v) is 16.3. The maximum atomic E-state index is 12.7. The number of thiophene rings is 1. The molecule has 8 nitrogen and oxygen atoms in total. The molecule has 0 aliphatic heterocycles. The van der Waals surface area contributed by atoms with Gasteiger partial charge in [-0.05, 0) is 42.0 Å². The van der Waals surface area contributed by atoms with Gasteiger partial charge in [-0.2, -0.15) is 9.78 Å². The summed E-state index contributed by atoms with van der Waals surface area (Å²) in [6, 6.07) is 14.5. The average Bonchev–Trinajstić information content (AvgIpc) is 3.12. The minimum atomic E-state index is -0.432. The first-order chi connectivity index (χ1) is 14.0. The van der Waals surface area contributed by atoms with Gasteiger partial charge in [0.25, 0.3) is 11.2 Å². The Hall–Kier alpha value is -3.50. The van der Waals surface area contributed by atoms with Crippen LogP contribution in [0.15, 0.2) is 79.9 Å². The van der Waals surface area contributed by atoms with Gasteiger partial charge in [0, 0.05) is 6.07 Å². The van der Waals surface area contributed by atoms with Crippen LogP contribution in [-0.2, 0) is 0 Å². The fourth-order valence-electron chi connectivity index (χ4n) is 2.52. The topological polar surface area (TPSA) is 111 Å². The van der Waals surface area contributed by atoms with Crippen molar-refractivity contribution in [3.8, 4) is 5.75 Å². The first-order valence-electron chi connectivity index (χ1n) is 8.27. The number of phenolic OH excluding ortho intramolecular Hbond substituents is 1. The Morgan fingerprint density at radius 1 is 1.21 bits per heavy atom. The highest BCUT2D eigenvalue weighted by Crippen LogP contribution is 2.39. The lowest BCUT2D eigenvalue weighted by molar-refractivity contribution is -0.387. The Labute approximate surface area is 171 Å². The molecule has 0 aliphatic rings. The van der Waals surface area contributed by atoms with Crippen LogP contribution in [-0.4, -0.2) is 25.9 Å². The third-order valence-electron chi connectivity index (χ3n) is 3.91. The summed E-state index contributed by atoms with van der Waals surface area (Å²) in [5.74, 6) is 0.143. The number of para-hydroxylation sites is 1. The SMILES string of the molecule is O=c1c2cc(Sc3ccccc3[N+](=O)[O-])sc2ncn1/N=C\c1ccc(O)cc1. The molecule has 2 aromatic heterocycles. The van der Waals surface area contributed by atoms with E-state index in [-0.39, 0.29) is 17.0 Å².